The number of fused-ring (bicyclic) bond motifs is 7. The Morgan fingerprint density at radius 3 is 1.54 bits per heavy atom. The molecule has 7 saturated heterocycles. The molecule has 0 unspecified atom stereocenters. The van der Waals surface area contributed by atoms with Crippen LogP contribution in [0.2, 0.25) is 0 Å². The quantitative estimate of drug-likeness (QED) is 0.0724. The summed E-state index contributed by atoms with van der Waals surface area (Å²) in [5.74, 6) is 1.19. The highest BCUT2D eigenvalue weighted by atomic mass is 16.8. The van der Waals surface area contributed by atoms with Crippen LogP contribution in [0, 0.1) is 52.3 Å². The molecule has 16 N–H and O–H groups in total. The first-order valence-electron chi connectivity index (χ1n) is 30.8. The Morgan fingerprint density at radius 1 is 0.424 bits per heavy atom. The van der Waals surface area contributed by atoms with Gasteiger partial charge in [-0.05, 0) is 105 Å². The maximum atomic E-state index is 12.7. The van der Waals surface area contributed by atoms with Gasteiger partial charge < -0.3 is 139 Å². The molecule has 0 aromatic carbocycles. The Hall–Kier alpha value is -1.12. The largest absolute Gasteiger partial charge is 0.394 e. The molecular weight excluding hydrogens is 1130 g/mol. The topological polar surface area (TPSA) is 434 Å². The van der Waals surface area contributed by atoms with Gasteiger partial charge in [-0.2, -0.15) is 0 Å². The molecular formula is C57H94O28. The predicted molar refractivity (Wildman–Crippen MR) is 281 cm³/mol. The monoisotopic (exact) mass is 1230 g/mol. The second-order valence-electron chi connectivity index (χ2n) is 27.3. The van der Waals surface area contributed by atoms with E-state index < -0.39 is 198 Å². The van der Waals surface area contributed by atoms with Crippen molar-refractivity contribution in [1.29, 1.82) is 0 Å². The van der Waals surface area contributed by atoms with Crippen molar-refractivity contribution in [2.24, 2.45) is 52.3 Å². The summed E-state index contributed by atoms with van der Waals surface area (Å²) in [5.41, 5.74) is -0.281. The van der Waals surface area contributed by atoms with E-state index in [1.54, 1.807) is 0 Å². The van der Waals surface area contributed by atoms with Crippen molar-refractivity contribution >= 4 is 0 Å². The lowest BCUT2D eigenvalue weighted by molar-refractivity contribution is -0.413. The van der Waals surface area contributed by atoms with Gasteiger partial charge in [-0.15, -0.1) is 0 Å². The molecule has 0 aromatic rings. The SMILES string of the molecule is C[C@@H]1CC[C@@]2(OC1)O[C@H]1C[C@H]3[C@@H]4C[C@@H](O)[C@H]5C[C@@H](O[C@@H]6O[C@H](CO)[C@H](O[C@@H]7O[C@H](CO)[C@@H](O)[C@H](O[C@@H]8O[C@H](CO)[C@@H](O)[C@H](O)[C@H]8O)[C@H]7O[C@@H]7O[C@H](CO)[C@@H](O)[C@H](O)[C@H]7O)[C@H](O)[C@H]6O[C@@H]6O[C@@H](C)[C@H](O)[C@@H](O)[C@H]6O)CC[C@]5(C)[C@H]4CC[C@]3(C)[C@H]1[C@@H]2C. The summed E-state index contributed by atoms with van der Waals surface area (Å²) >= 11 is 0. The standard InChI is InChI=1S/C57H94O28/c1-20-6-11-57(74-19-20)21(2)34-29(85-57)14-26-24-13-28(62)27-12-23(7-9-55(27,4)25(24)8-10-56(26,34)5)76-53-48(83-50-42(70)39(67)35(63)22(3)75-50)45(73)46(33(18-61)80-53)81-54-49(84-52-44(72)41(69)37(65)31(16-59)78-52)47(38(66)32(17-60)79-54)82-51-43(71)40(68)36(64)30(15-58)77-51/h20-54,58-73H,6-19H2,1-5H3/t20-,21+,22+,23+,24-,25+,26+,27-,28-,29+,30-,31-,32-,33-,34+,35+,36-,37-,38-,39-,40+,41+,42-,43-,44-,45+,46+,47+,48-,49-,50+,51+,52+,53-,54+,55-,56+,57-/m1/s1. The van der Waals surface area contributed by atoms with E-state index in [1.807, 2.05) is 0 Å². The Balaban J connectivity index is 0.852. The maximum Gasteiger partial charge on any atom is 0.187 e. The van der Waals surface area contributed by atoms with Crippen LogP contribution in [0.1, 0.15) is 92.4 Å². The molecule has 4 saturated carbocycles. The third-order valence-electron chi connectivity index (χ3n) is 22.5. The van der Waals surface area contributed by atoms with Crippen LogP contribution in [0.15, 0.2) is 0 Å². The number of ether oxygens (including phenoxy) is 12. The number of rotatable bonds is 14. The van der Waals surface area contributed by atoms with Crippen molar-refractivity contribution in [2.45, 2.75) is 270 Å². The van der Waals surface area contributed by atoms with Crippen LogP contribution in [-0.2, 0) is 56.8 Å². The lowest BCUT2D eigenvalue weighted by atomic mass is 9.43. The van der Waals surface area contributed by atoms with Crippen molar-refractivity contribution in [2.75, 3.05) is 33.0 Å². The minimum absolute atomic E-state index is 0.0115. The van der Waals surface area contributed by atoms with Gasteiger partial charge in [0.2, 0.25) is 0 Å². The molecule has 4 aliphatic carbocycles. The highest BCUT2D eigenvalue weighted by Gasteiger charge is 2.70. The fraction of sp³-hybridized carbons (Fsp3) is 1.00. The molecule has 7 heterocycles. The zero-order chi connectivity index (χ0) is 61.1. The van der Waals surface area contributed by atoms with E-state index in [4.69, 9.17) is 56.8 Å². The van der Waals surface area contributed by atoms with Gasteiger partial charge in [0.15, 0.2) is 37.2 Å². The van der Waals surface area contributed by atoms with E-state index >= 15 is 0 Å². The minimum atomic E-state index is -2.12. The molecule has 28 nitrogen and oxygen atoms in total. The van der Waals surface area contributed by atoms with Gasteiger partial charge in [0, 0.05) is 12.3 Å². The molecule has 0 bridgehead atoms. The van der Waals surface area contributed by atoms with E-state index in [1.165, 1.54) is 6.92 Å². The van der Waals surface area contributed by atoms with Gasteiger partial charge in [-0.1, -0.05) is 27.7 Å². The van der Waals surface area contributed by atoms with E-state index in [9.17, 15) is 81.7 Å². The van der Waals surface area contributed by atoms with Crippen molar-refractivity contribution in [1.82, 2.24) is 0 Å². The maximum absolute atomic E-state index is 12.7. The minimum Gasteiger partial charge on any atom is -0.394 e. The molecule has 11 rings (SSSR count). The summed E-state index contributed by atoms with van der Waals surface area (Å²) in [6.45, 7) is 7.62. The van der Waals surface area contributed by atoms with Gasteiger partial charge in [-0.3, -0.25) is 0 Å². The van der Waals surface area contributed by atoms with Crippen LogP contribution >= 0.6 is 0 Å². The Bertz CT molecular complexity index is 2220. The van der Waals surface area contributed by atoms with Gasteiger partial charge in [0.05, 0.1) is 57.5 Å². The molecule has 38 atom stereocenters. The van der Waals surface area contributed by atoms with Crippen LogP contribution in [0.4, 0.5) is 0 Å². The highest BCUT2D eigenvalue weighted by molar-refractivity contribution is 5.17. The van der Waals surface area contributed by atoms with Gasteiger partial charge in [-0.25, -0.2) is 0 Å². The highest BCUT2D eigenvalue weighted by Crippen LogP contribution is 2.71. The average molecular weight is 1230 g/mol. The fourth-order valence-corrected chi connectivity index (χ4v) is 17.6. The number of hydrogen-bond acceptors (Lipinski definition) is 28. The van der Waals surface area contributed by atoms with Crippen LogP contribution in [-0.4, -0.2) is 292 Å². The molecule has 0 amide bonds. The zero-order valence-corrected chi connectivity index (χ0v) is 48.7. The van der Waals surface area contributed by atoms with E-state index in [-0.39, 0.29) is 34.7 Å². The van der Waals surface area contributed by atoms with Crippen molar-refractivity contribution in [3.8, 4) is 0 Å². The van der Waals surface area contributed by atoms with Crippen molar-refractivity contribution < 1.29 is 139 Å². The normalized spacial score (nSPS) is 58.1. The summed E-state index contributed by atoms with van der Waals surface area (Å²) in [6, 6.07) is 0. The second-order valence-corrected chi connectivity index (χ2v) is 27.3. The smallest absolute Gasteiger partial charge is 0.187 e. The molecule has 28 heteroatoms. The lowest BCUT2D eigenvalue weighted by Crippen LogP contribution is -2.69. The summed E-state index contributed by atoms with van der Waals surface area (Å²) in [7, 11) is 0. The first-order valence-corrected chi connectivity index (χ1v) is 30.8. The van der Waals surface area contributed by atoms with Gasteiger partial charge >= 0.3 is 0 Å². The van der Waals surface area contributed by atoms with E-state index in [0.717, 1.165) is 32.1 Å². The molecule has 11 aliphatic rings. The van der Waals surface area contributed by atoms with E-state index in [0.29, 0.717) is 56.0 Å². The Morgan fingerprint density at radius 2 is 0.941 bits per heavy atom. The third-order valence-corrected chi connectivity index (χ3v) is 22.5. The predicted octanol–water partition coefficient (Wildman–Crippen LogP) is -5.09. The molecule has 0 aromatic heterocycles. The fourth-order valence-electron chi connectivity index (χ4n) is 17.6. The number of hydrogen-bond donors (Lipinski definition) is 16. The summed E-state index contributed by atoms with van der Waals surface area (Å²) in [4.78, 5) is 0. The molecule has 1 spiro atoms. The summed E-state index contributed by atoms with van der Waals surface area (Å²) < 4.78 is 74.8. The first-order chi connectivity index (χ1) is 40.3. The molecule has 11 fully saturated rings. The lowest BCUT2D eigenvalue weighted by Gasteiger charge is -2.62. The molecule has 0 radical (unpaired) electrons. The van der Waals surface area contributed by atoms with Crippen LogP contribution in [0.3, 0.4) is 0 Å². The first kappa shape index (κ1) is 65.4. The van der Waals surface area contributed by atoms with Crippen LogP contribution < -0.4 is 0 Å². The molecule has 490 valence electrons. The average Bonchev–Trinajstić information content (AvgIpc) is 1.60. The third kappa shape index (κ3) is 11.4. The number of aliphatic hydroxyl groups is 16. The summed E-state index contributed by atoms with van der Waals surface area (Å²) in [6.07, 6.45) is -40.3. The second kappa shape index (κ2) is 25.4. The van der Waals surface area contributed by atoms with Crippen molar-refractivity contribution in [3.63, 3.8) is 0 Å². The van der Waals surface area contributed by atoms with Crippen LogP contribution in [0.25, 0.3) is 0 Å². The number of aliphatic hydroxyl groups excluding tert-OH is 16. The Kier molecular flexibility index (Phi) is 19.5. The van der Waals surface area contributed by atoms with Gasteiger partial charge in [0.25, 0.3) is 0 Å². The summed E-state index contributed by atoms with van der Waals surface area (Å²) in [5, 5.41) is 176. The zero-order valence-electron chi connectivity index (χ0n) is 48.7. The van der Waals surface area contributed by atoms with E-state index in [2.05, 4.69) is 27.7 Å². The molecule has 85 heavy (non-hydrogen) atoms. The van der Waals surface area contributed by atoms with Gasteiger partial charge in [0.1, 0.15) is 116 Å². The van der Waals surface area contributed by atoms with Crippen molar-refractivity contribution in [3.05, 3.63) is 0 Å². The molecule has 7 aliphatic heterocycles. The Labute approximate surface area is 492 Å². The van der Waals surface area contributed by atoms with Crippen LogP contribution in [0.5, 0.6) is 0 Å².